The Morgan fingerprint density at radius 1 is 0.517 bits per heavy atom. The third kappa shape index (κ3) is 2.95. The molecule has 4 aromatic rings. The lowest BCUT2D eigenvalue weighted by atomic mass is 10.1. The molecule has 1 aliphatic rings. The molecule has 0 N–H and O–H groups in total. The summed E-state index contributed by atoms with van der Waals surface area (Å²) in [5, 5.41) is 4.15. The maximum Gasteiger partial charge on any atom is 0.157 e. The van der Waals surface area contributed by atoms with Gasteiger partial charge in [-0.2, -0.15) is 0 Å². The molecule has 0 atom stereocenters. The quantitative estimate of drug-likeness (QED) is 0.432. The van der Waals surface area contributed by atoms with Crippen LogP contribution in [0.5, 0.6) is 11.5 Å². The fourth-order valence-corrected chi connectivity index (χ4v) is 7.37. The van der Waals surface area contributed by atoms with Crippen LogP contribution in [-0.2, 0) is 0 Å². The zero-order chi connectivity index (χ0) is 19.8. The zero-order valence-corrected chi connectivity index (χ0v) is 17.5. The summed E-state index contributed by atoms with van der Waals surface area (Å²) in [6.45, 7) is 0. The lowest BCUT2D eigenvalue weighted by Crippen LogP contribution is -2.49. The minimum atomic E-state index is -1.20. The number of ether oxygens (including phenoxy) is 2. The highest BCUT2D eigenvalue weighted by Crippen LogP contribution is 2.28. The van der Waals surface area contributed by atoms with Crippen molar-refractivity contribution >= 4 is 24.4 Å². The molecule has 0 unspecified atom stereocenters. The number of hydrogen-bond acceptors (Lipinski definition) is 2. The monoisotopic (exact) mass is 393 g/mol. The molecule has 0 fully saturated rings. The van der Waals surface area contributed by atoms with Crippen molar-refractivity contribution in [3.63, 3.8) is 0 Å². The molecule has 0 aromatic heterocycles. The van der Waals surface area contributed by atoms with Crippen molar-refractivity contribution in [2.75, 3.05) is 14.2 Å². The van der Waals surface area contributed by atoms with Gasteiger partial charge in [0.15, 0.2) is 8.80 Å². The van der Waals surface area contributed by atoms with Crippen LogP contribution in [0.25, 0.3) is 22.3 Å². The van der Waals surface area contributed by atoms with Crippen molar-refractivity contribution < 1.29 is 9.47 Å². The van der Waals surface area contributed by atoms with E-state index in [0.717, 1.165) is 11.5 Å². The van der Waals surface area contributed by atoms with Crippen molar-refractivity contribution in [1.29, 1.82) is 0 Å². The van der Waals surface area contributed by atoms with E-state index in [1.54, 1.807) is 14.2 Å². The first-order chi connectivity index (χ1) is 14.3. The SMILES string of the molecule is COc1ccc(-c2ccccc2)c([Si]2c3ccccc3-c3ccc(OC)cc32)c1. The first-order valence-corrected chi connectivity index (χ1v) is 11.2. The lowest BCUT2D eigenvalue weighted by Gasteiger charge is -2.18. The smallest absolute Gasteiger partial charge is 0.157 e. The van der Waals surface area contributed by atoms with E-state index in [2.05, 4.69) is 91.0 Å². The highest BCUT2D eigenvalue weighted by atomic mass is 28.3. The summed E-state index contributed by atoms with van der Waals surface area (Å²) in [6.07, 6.45) is 0. The van der Waals surface area contributed by atoms with Gasteiger partial charge in [0.25, 0.3) is 0 Å². The number of hydrogen-bond donors (Lipinski definition) is 0. The maximum atomic E-state index is 5.62. The van der Waals surface area contributed by atoms with Crippen LogP contribution in [0.4, 0.5) is 0 Å². The summed E-state index contributed by atoms with van der Waals surface area (Å²) in [7, 11) is 2.26. The van der Waals surface area contributed by atoms with E-state index in [4.69, 9.17) is 9.47 Å². The van der Waals surface area contributed by atoms with Crippen molar-refractivity contribution in [3.05, 3.63) is 91.0 Å². The van der Waals surface area contributed by atoms with E-state index in [0.29, 0.717) is 0 Å². The van der Waals surface area contributed by atoms with E-state index in [-0.39, 0.29) is 0 Å². The molecule has 5 rings (SSSR count). The van der Waals surface area contributed by atoms with Gasteiger partial charge < -0.3 is 9.47 Å². The van der Waals surface area contributed by atoms with Crippen LogP contribution in [0.1, 0.15) is 0 Å². The molecule has 0 amide bonds. The Hall–Kier alpha value is -3.30. The van der Waals surface area contributed by atoms with Gasteiger partial charge in [-0.3, -0.25) is 0 Å². The zero-order valence-electron chi connectivity index (χ0n) is 16.5. The Labute approximate surface area is 173 Å². The molecule has 0 bridgehead atoms. The second-order valence-corrected chi connectivity index (χ2v) is 9.48. The Balaban J connectivity index is 1.80. The van der Waals surface area contributed by atoms with Crippen LogP contribution < -0.4 is 25.0 Å². The van der Waals surface area contributed by atoms with Crippen LogP contribution in [-0.4, -0.2) is 23.0 Å². The molecule has 2 nitrogen and oxygen atoms in total. The van der Waals surface area contributed by atoms with E-state index in [1.807, 2.05) is 0 Å². The maximum absolute atomic E-state index is 5.62. The molecular formula is C26H21O2Si. The van der Waals surface area contributed by atoms with Crippen LogP contribution in [0.2, 0.25) is 0 Å². The van der Waals surface area contributed by atoms with Crippen LogP contribution in [0.3, 0.4) is 0 Å². The summed E-state index contributed by atoms with van der Waals surface area (Å²) in [4.78, 5) is 0. The fraction of sp³-hybridized carbons (Fsp3) is 0.0769. The van der Waals surface area contributed by atoms with Crippen LogP contribution in [0, 0.1) is 0 Å². The van der Waals surface area contributed by atoms with Gasteiger partial charge in [0.1, 0.15) is 11.5 Å². The molecule has 1 aliphatic heterocycles. The topological polar surface area (TPSA) is 18.5 Å². The Kier molecular flexibility index (Phi) is 4.45. The molecule has 1 heterocycles. The van der Waals surface area contributed by atoms with Crippen molar-refractivity contribution in [1.82, 2.24) is 0 Å². The van der Waals surface area contributed by atoms with Gasteiger partial charge in [0, 0.05) is 0 Å². The first kappa shape index (κ1) is 17.8. The predicted octanol–water partition coefficient (Wildman–Crippen LogP) is 3.87. The van der Waals surface area contributed by atoms with Gasteiger partial charge >= 0.3 is 0 Å². The van der Waals surface area contributed by atoms with E-state index < -0.39 is 8.80 Å². The van der Waals surface area contributed by atoms with Gasteiger partial charge in [0.2, 0.25) is 0 Å². The lowest BCUT2D eigenvalue weighted by molar-refractivity contribution is 0.415. The minimum Gasteiger partial charge on any atom is -0.497 e. The average molecular weight is 394 g/mol. The fourth-order valence-electron chi connectivity index (χ4n) is 4.19. The van der Waals surface area contributed by atoms with Gasteiger partial charge in [-0.25, -0.2) is 0 Å². The van der Waals surface area contributed by atoms with Gasteiger partial charge in [-0.15, -0.1) is 0 Å². The minimum absolute atomic E-state index is 0.894. The number of methoxy groups -OCH3 is 2. The first-order valence-electron chi connectivity index (χ1n) is 9.69. The number of rotatable bonds is 4. The summed E-state index contributed by atoms with van der Waals surface area (Å²) >= 11 is 0. The standard InChI is InChI=1S/C26H21O2Si/c1-27-19-12-14-21(18-8-4-3-5-9-18)25(16-19)29-24-11-7-6-10-22(24)23-15-13-20(28-2)17-26(23)29/h3-17H,1-2H3. The van der Waals surface area contributed by atoms with E-state index >= 15 is 0 Å². The van der Waals surface area contributed by atoms with E-state index in [1.165, 1.54) is 37.8 Å². The Morgan fingerprint density at radius 2 is 1.07 bits per heavy atom. The Bertz CT molecular complexity index is 1180. The third-order valence-corrected chi connectivity index (χ3v) is 8.44. The number of fused-ring (bicyclic) bond motifs is 3. The molecule has 29 heavy (non-hydrogen) atoms. The Morgan fingerprint density at radius 3 is 1.76 bits per heavy atom. The number of benzene rings is 4. The van der Waals surface area contributed by atoms with Crippen LogP contribution >= 0.6 is 0 Å². The average Bonchev–Trinajstić information content (AvgIpc) is 3.12. The molecule has 0 saturated heterocycles. The summed E-state index contributed by atoms with van der Waals surface area (Å²) in [5.41, 5.74) is 5.15. The summed E-state index contributed by atoms with van der Waals surface area (Å²) in [5.74, 6) is 1.80. The molecule has 0 spiro atoms. The highest BCUT2D eigenvalue weighted by Gasteiger charge is 2.34. The second-order valence-electron chi connectivity index (χ2n) is 7.11. The largest absolute Gasteiger partial charge is 0.497 e. The van der Waals surface area contributed by atoms with E-state index in [9.17, 15) is 0 Å². The van der Waals surface area contributed by atoms with Gasteiger partial charge in [-0.1, -0.05) is 66.7 Å². The van der Waals surface area contributed by atoms with Gasteiger partial charge in [0.05, 0.1) is 14.2 Å². The van der Waals surface area contributed by atoms with Gasteiger partial charge in [-0.05, 0) is 62.1 Å². The normalized spacial score (nSPS) is 12.3. The molecule has 1 radical (unpaired) electrons. The van der Waals surface area contributed by atoms with Crippen molar-refractivity contribution in [2.24, 2.45) is 0 Å². The van der Waals surface area contributed by atoms with Crippen molar-refractivity contribution in [2.45, 2.75) is 0 Å². The molecule has 141 valence electrons. The summed E-state index contributed by atoms with van der Waals surface area (Å²) in [6, 6.07) is 32.4. The predicted molar refractivity (Wildman–Crippen MR) is 122 cm³/mol. The van der Waals surface area contributed by atoms with Crippen molar-refractivity contribution in [3.8, 4) is 33.8 Å². The summed E-state index contributed by atoms with van der Waals surface area (Å²) < 4.78 is 11.2. The molecule has 3 heteroatoms. The van der Waals surface area contributed by atoms with Crippen LogP contribution in [0.15, 0.2) is 91.0 Å². The molecular weight excluding hydrogens is 372 g/mol. The molecule has 4 aromatic carbocycles. The third-order valence-electron chi connectivity index (χ3n) is 5.56. The highest BCUT2D eigenvalue weighted by molar-refractivity contribution is 6.99. The second kappa shape index (κ2) is 7.26. The molecule has 0 aliphatic carbocycles. The molecule has 0 saturated carbocycles.